The quantitative estimate of drug-likeness (QED) is 0.427. The number of rotatable bonds is 4. The Kier molecular flexibility index (Phi) is 3.69. The minimum absolute atomic E-state index is 0.213. The molecule has 0 aliphatic rings. The van der Waals surface area contributed by atoms with E-state index in [0.717, 1.165) is 12.5 Å². The van der Waals surface area contributed by atoms with E-state index in [4.69, 9.17) is 0 Å². The predicted octanol–water partition coefficient (Wildman–Crippen LogP) is 3.02. The molecule has 80 valence electrons. The first kappa shape index (κ1) is 11.5. The van der Waals surface area contributed by atoms with Crippen molar-refractivity contribution in [3.8, 4) is 0 Å². The van der Waals surface area contributed by atoms with Crippen LogP contribution < -0.4 is 0 Å². The molecule has 0 bridgehead atoms. The Balaban J connectivity index is 3.17. The Morgan fingerprint density at radius 3 is 2.67 bits per heavy atom. The van der Waals surface area contributed by atoms with Gasteiger partial charge in [0.15, 0.2) is 0 Å². The molecule has 0 radical (unpaired) electrons. The third-order valence-electron chi connectivity index (χ3n) is 2.05. The molecule has 0 atom stereocenters. The first-order chi connectivity index (χ1) is 7.11. The number of halogens is 2. The van der Waals surface area contributed by atoms with E-state index in [0.29, 0.717) is 12.0 Å². The van der Waals surface area contributed by atoms with Crippen LogP contribution in [-0.4, -0.2) is 6.08 Å². The average Bonchev–Trinajstić information content (AvgIpc) is 2.19. The van der Waals surface area contributed by atoms with E-state index < -0.39 is 6.05 Å². The van der Waals surface area contributed by atoms with Crippen LogP contribution in [0, 0.1) is 0 Å². The predicted molar refractivity (Wildman–Crippen MR) is 52.5 cm³/mol. The second-order valence-corrected chi connectivity index (χ2v) is 3.15. The van der Waals surface area contributed by atoms with Crippen molar-refractivity contribution in [1.82, 2.24) is 0 Å². The molecule has 1 rings (SSSR count). The van der Waals surface area contributed by atoms with E-state index in [9.17, 15) is 13.6 Å². The Labute approximate surface area is 86.6 Å². The van der Waals surface area contributed by atoms with Crippen LogP contribution in [0.15, 0.2) is 29.3 Å². The SMILES string of the molecule is CCCc1ccccc1C(F)(F)N=C=O. The fourth-order valence-electron chi connectivity index (χ4n) is 1.42. The molecular formula is C11H11F2NO. The number of alkyl halides is 2. The van der Waals surface area contributed by atoms with Gasteiger partial charge in [0.2, 0.25) is 6.08 Å². The van der Waals surface area contributed by atoms with E-state index in [-0.39, 0.29) is 5.56 Å². The van der Waals surface area contributed by atoms with Crippen molar-refractivity contribution in [1.29, 1.82) is 0 Å². The molecule has 0 aliphatic heterocycles. The number of benzene rings is 1. The lowest BCUT2D eigenvalue weighted by molar-refractivity contribution is 0.00527. The summed E-state index contributed by atoms with van der Waals surface area (Å²) >= 11 is 0. The summed E-state index contributed by atoms with van der Waals surface area (Å²) in [4.78, 5) is 12.4. The standard InChI is InChI=1S/C11H11F2NO/c1-2-5-9-6-3-4-7-10(9)11(12,13)14-8-15/h3-4,6-7H,2,5H2,1H3. The topological polar surface area (TPSA) is 29.4 Å². The highest BCUT2D eigenvalue weighted by Crippen LogP contribution is 2.31. The lowest BCUT2D eigenvalue weighted by atomic mass is 10.0. The second-order valence-electron chi connectivity index (χ2n) is 3.15. The highest BCUT2D eigenvalue weighted by Gasteiger charge is 2.32. The number of aliphatic imine (C=N–C) groups is 1. The van der Waals surface area contributed by atoms with Gasteiger partial charge in [-0.1, -0.05) is 37.6 Å². The molecule has 0 N–H and O–H groups in total. The van der Waals surface area contributed by atoms with Crippen LogP contribution in [0.5, 0.6) is 0 Å². The van der Waals surface area contributed by atoms with Crippen molar-refractivity contribution in [2.45, 2.75) is 25.8 Å². The van der Waals surface area contributed by atoms with Crippen LogP contribution in [0.25, 0.3) is 0 Å². The van der Waals surface area contributed by atoms with Crippen LogP contribution in [-0.2, 0) is 17.3 Å². The van der Waals surface area contributed by atoms with Crippen LogP contribution in [0.2, 0.25) is 0 Å². The van der Waals surface area contributed by atoms with Crippen molar-refractivity contribution < 1.29 is 13.6 Å². The molecule has 1 aromatic carbocycles. The van der Waals surface area contributed by atoms with Gasteiger partial charge in [-0.25, -0.2) is 4.79 Å². The maximum Gasteiger partial charge on any atom is 0.379 e. The number of aryl methyl sites for hydroxylation is 1. The summed E-state index contributed by atoms with van der Waals surface area (Å²) in [6.45, 7) is 1.90. The monoisotopic (exact) mass is 211 g/mol. The van der Waals surface area contributed by atoms with Gasteiger partial charge in [0.05, 0.1) is 0 Å². The summed E-state index contributed by atoms with van der Waals surface area (Å²) in [6.07, 6.45) is 2.20. The number of hydrogen-bond acceptors (Lipinski definition) is 2. The molecular weight excluding hydrogens is 200 g/mol. The number of hydrogen-bond donors (Lipinski definition) is 0. The second kappa shape index (κ2) is 4.80. The number of isocyanates is 1. The third kappa shape index (κ3) is 2.70. The van der Waals surface area contributed by atoms with E-state index in [1.165, 1.54) is 12.1 Å². The van der Waals surface area contributed by atoms with E-state index in [2.05, 4.69) is 4.99 Å². The smallest absolute Gasteiger partial charge is 0.211 e. The van der Waals surface area contributed by atoms with Gasteiger partial charge >= 0.3 is 6.05 Å². The normalized spacial score (nSPS) is 10.9. The minimum Gasteiger partial charge on any atom is -0.211 e. The lowest BCUT2D eigenvalue weighted by Crippen LogP contribution is -2.12. The van der Waals surface area contributed by atoms with Gasteiger partial charge < -0.3 is 0 Å². The van der Waals surface area contributed by atoms with E-state index in [1.54, 1.807) is 12.1 Å². The summed E-state index contributed by atoms with van der Waals surface area (Å²) in [5, 5.41) is 0. The van der Waals surface area contributed by atoms with Gasteiger partial charge in [-0.2, -0.15) is 8.78 Å². The molecule has 0 heterocycles. The van der Waals surface area contributed by atoms with Crippen molar-refractivity contribution in [2.75, 3.05) is 0 Å². The first-order valence-corrected chi connectivity index (χ1v) is 4.67. The van der Waals surface area contributed by atoms with Crippen LogP contribution >= 0.6 is 0 Å². The molecule has 1 aromatic rings. The van der Waals surface area contributed by atoms with Gasteiger partial charge in [-0.15, -0.1) is 4.99 Å². The largest absolute Gasteiger partial charge is 0.379 e. The maximum atomic E-state index is 13.3. The number of carbonyl (C=O) groups excluding carboxylic acids is 1. The third-order valence-corrected chi connectivity index (χ3v) is 2.05. The Morgan fingerprint density at radius 1 is 1.40 bits per heavy atom. The zero-order chi connectivity index (χ0) is 11.3. The molecule has 0 saturated heterocycles. The Morgan fingerprint density at radius 2 is 2.07 bits per heavy atom. The molecule has 2 nitrogen and oxygen atoms in total. The zero-order valence-corrected chi connectivity index (χ0v) is 8.34. The molecule has 0 fully saturated rings. The summed E-state index contributed by atoms with van der Waals surface area (Å²) < 4.78 is 26.6. The van der Waals surface area contributed by atoms with Crippen molar-refractivity contribution >= 4 is 6.08 Å². The van der Waals surface area contributed by atoms with Crippen molar-refractivity contribution in [3.05, 3.63) is 35.4 Å². The highest BCUT2D eigenvalue weighted by atomic mass is 19.3. The van der Waals surface area contributed by atoms with Crippen LogP contribution in [0.3, 0.4) is 0 Å². The molecule has 0 spiro atoms. The Hall–Kier alpha value is -1.54. The number of nitrogens with zero attached hydrogens (tertiary/aromatic N) is 1. The molecule has 4 heteroatoms. The maximum absolute atomic E-state index is 13.3. The molecule has 15 heavy (non-hydrogen) atoms. The van der Waals surface area contributed by atoms with Crippen LogP contribution in [0.1, 0.15) is 24.5 Å². The van der Waals surface area contributed by atoms with Gasteiger partial charge in [0.25, 0.3) is 0 Å². The van der Waals surface area contributed by atoms with Crippen molar-refractivity contribution in [3.63, 3.8) is 0 Å². The highest BCUT2D eigenvalue weighted by molar-refractivity contribution is 5.38. The fourth-order valence-corrected chi connectivity index (χ4v) is 1.42. The van der Waals surface area contributed by atoms with Gasteiger partial charge in [-0.3, -0.25) is 0 Å². The van der Waals surface area contributed by atoms with Gasteiger partial charge in [-0.05, 0) is 12.0 Å². The zero-order valence-electron chi connectivity index (χ0n) is 8.34. The van der Waals surface area contributed by atoms with E-state index in [1.807, 2.05) is 6.92 Å². The summed E-state index contributed by atoms with van der Waals surface area (Å²) in [5.41, 5.74) is 0.305. The fraction of sp³-hybridized carbons (Fsp3) is 0.364. The average molecular weight is 211 g/mol. The minimum atomic E-state index is -3.46. The summed E-state index contributed by atoms with van der Waals surface area (Å²) in [6, 6.07) is 2.63. The molecule has 0 aliphatic carbocycles. The van der Waals surface area contributed by atoms with Crippen molar-refractivity contribution in [2.24, 2.45) is 4.99 Å². The molecule has 0 unspecified atom stereocenters. The van der Waals surface area contributed by atoms with Crippen LogP contribution in [0.4, 0.5) is 8.78 Å². The molecule has 0 aromatic heterocycles. The summed E-state index contributed by atoms with van der Waals surface area (Å²) in [7, 11) is 0. The first-order valence-electron chi connectivity index (χ1n) is 4.67. The molecule has 0 saturated carbocycles. The Bertz CT molecular complexity index is 384. The summed E-state index contributed by atoms with van der Waals surface area (Å²) in [5.74, 6) is 0. The van der Waals surface area contributed by atoms with E-state index >= 15 is 0 Å². The van der Waals surface area contributed by atoms with Gasteiger partial charge in [0, 0.05) is 5.56 Å². The lowest BCUT2D eigenvalue weighted by Gasteiger charge is -2.13. The van der Waals surface area contributed by atoms with Gasteiger partial charge in [0.1, 0.15) is 0 Å². The molecule has 0 amide bonds.